The van der Waals surface area contributed by atoms with Gasteiger partial charge in [0, 0.05) is 44.3 Å². The van der Waals surface area contributed by atoms with Crippen LogP contribution in [0.1, 0.15) is 5.56 Å². The Hall–Kier alpha value is -2.60. The Bertz CT molecular complexity index is 780. The molecule has 2 atom stereocenters. The number of hydrogen-bond donors (Lipinski definition) is 0. The molecule has 0 radical (unpaired) electrons. The van der Waals surface area contributed by atoms with Crippen molar-refractivity contribution in [1.29, 1.82) is 0 Å². The second-order valence-electron chi connectivity index (χ2n) is 5.83. The van der Waals surface area contributed by atoms with Crippen molar-refractivity contribution in [2.45, 2.75) is 12.6 Å². The summed E-state index contributed by atoms with van der Waals surface area (Å²) in [7, 11) is 1.94. The average molecular weight is 309 g/mol. The number of nitrogens with zero attached hydrogens (tertiary/aromatic N) is 5. The van der Waals surface area contributed by atoms with E-state index in [4.69, 9.17) is 4.74 Å². The van der Waals surface area contributed by atoms with Gasteiger partial charge in [-0.25, -0.2) is 4.68 Å². The van der Waals surface area contributed by atoms with Crippen LogP contribution < -0.4 is 4.74 Å². The molecule has 2 unspecified atom stereocenters. The van der Waals surface area contributed by atoms with Crippen LogP contribution in [0.25, 0.3) is 5.69 Å². The van der Waals surface area contributed by atoms with Gasteiger partial charge in [0.2, 0.25) is 0 Å². The lowest BCUT2D eigenvalue weighted by molar-refractivity contribution is 0.291. The van der Waals surface area contributed by atoms with Crippen molar-refractivity contribution in [3.05, 3.63) is 60.7 Å². The van der Waals surface area contributed by atoms with Crippen LogP contribution in [-0.2, 0) is 13.6 Å². The van der Waals surface area contributed by atoms with E-state index in [-0.39, 0.29) is 0 Å². The fraction of sp³-hybridized carbons (Fsp3) is 0.294. The molecule has 0 aliphatic carbocycles. The molecule has 2 aromatic heterocycles. The maximum Gasteiger partial charge on any atom is 0.145 e. The van der Waals surface area contributed by atoms with Crippen LogP contribution >= 0.6 is 0 Å². The van der Waals surface area contributed by atoms with Crippen LogP contribution in [0, 0.1) is 0 Å². The van der Waals surface area contributed by atoms with E-state index in [2.05, 4.69) is 21.3 Å². The Balaban J connectivity index is 1.36. The monoisotopic (exact) mass is 309 g/mol. The summed E-state index contributed by atoms with van der Waals surface area (Å²) in [6.07, 6.45) is 7.67. The quantitative estimate of drug-likeness (QED) is 0.652. The molecule has 0 saturated carbocycles. The third-order valence-corrected chi connectivity index (χ3v) is 4.02. The molecule has 6 heteroatoms. The van der Waals surface area contributed by atoms with Gasteiger partial charge in [0.05, 0.1) is 12.2 Å². The molecule has 3 aromatic rings. The van der Waals surface area contributed by atoms with Crippen molar-refractivity contribution in [2.24, 2.45) is 7.05 Å². The number of ether oxygens (including phenoxy) is 1. The summed E-state index contributed by atoms with van der Waals surface area (Å²) in [6, 6.07) is 10.4. The fourth-order valence-corrected chi connectivity index (χ4v) is 2.73. The zero-order chi connectivity index (χ0) is 15.6. The Morgan fingerprint density at radius 1 is 1.22 bits per heavy atom. The van der Waals surface area contributed by atoms with E-state index in [1.807, 2.05) is 59.1 Å². The van der Waals surface area contributed by atoms with Gasteiger partial charge in [-0.3, -0.25) is 9.58 Å². The summed E-state index contributed by atoms with van der Waals surface area (Å²) in [6.45, 7) is 2.69. The number of aromatic nitrogens is 4. The van der Waals surface area contributed by atoms with Crippen molar-refractivity contribution < 1.29 is 4.74 Å². The Kier molecular flexibility index (Phi) is 3.59. The molecule has 1 aliphatic rings. The second-order valence-corrected chi connectivity index (χ2v) is 5.83. The third kappa shape index (κ3) is 3.12. The molecule has 6 nitrogen and oxygen atoms in total. The fourth-order valence-electron chi connectivity index (χ4n) is 2.73. The van der Waals surface area contributed by atoms with Gasteiger partial charge in [-0.05, 0) is 18.2 Å². The van der Waals surface area contributed by atoms with Crippen LogP contribution in [0.15, 0.2) is 55.1 Å². The van der Waals surface area contributed by atoms with Gasteiger partial charge in [0.25, 0.3) is 0 Å². The smallest absolute Gasteiger partial charge is 0.145 e. The maximum atomic E-state index is 6.03. The topological polar surface area (TPSA) is 47.9 Å². The standard InChI is InChI=1S/C17H19N5O/c1-20-10-14(9-19-20)11-21-12-15(21)13-23-17-6-3-2-5-16(17)22-8-4-7-18-22/h2-10,15H,11-13H2,1H3. The third-order valence-electron chi connectivity index (χ3n) is 4.02. The zero-order valence-corrected chi connectivity index (χ0v) is 13.0. The molecular weight excluding hydrogens is 290 g/mol. The highest BCUT2D eigenvalue weighted by atomic mass is 16.5. The number of aryl methyl sites for hydroxylation is 1. The summed E-state index contributed by atoms with van der Waals surface area (Å²) in [5, 5.41) is 8.49. The predicted octanol–water partition coefficient (Wildman–Crippen LogP) is 1.87. The molecule has 1 fully saturated rings. The summed E-state index contributed by atoms with van der Waals surface area (Å²) < 4.78 is 9.70. The van der Waals surface area contributed by atoms with Gasteiger partial charge in [-0.15, -0.1) is 0 Å². The lowest BCUT2D eigenvalue weighted by Gasteiger charge is -2.11. The van der Waals surface area contributed by atoms with Crippen molar-refractivity contribution >= 4 is 0 Å². The van der Waals surface area contributed by atoms with E-state index in [0.29, 0.717) is 12.6 Å². The largest absolute Gasteiger partial charge is 0.490 e. The number of rotatable bonds is 6. The summed E-state index contributed by atoms with van der Waals surface area (Å²) in [4.78, 5) is 2.38. The van der Waals surface area contributed by atoms with Gasteiger partial charge in [-0.2, -0.15) is 10.2 Å². The first-order valence-electron chi connectivity index (χ1n) is 7.73. The Labute approximate surface area is 134 Å². The molecule has 23 heavy (non-hydrogen) atoms. The van der Waals surface area contributed by atoms with Gasteiger partial charge in [-0.1, -0.05) is 12.1 Å². The van der Waals surface area contributed by atoms with E-state index >= 15 is 0 Å². The lowest BCUT2D eigenvalue weighted by Crippen LogP contribution is -2.12. The van der Waals surface area contributed by atoms with E-state index in [9.17, 15) is 0 Å². The van der Waals surface area contributed by atoms with Crippen LogP contribution in [-0.4, -0.2) is 43.7 Å². The van der Waals surface area contributed by atoms with E-state index in [0.717, 1.165) is 24.5 Å². The molecular formula is C17H19N5O. The molecule has 0 bridgehead atoms. The molecule has 1 aromatic carbocycles. The minimum atomic E-state index is 0.473. The molecule has 1 saturated heterocycles. The van der Waals surface area contributed by atoms with E-state index in [1.165, 1.54) is 5.56 Å². The first-order chi connectivity index (χ1) is 11.3. The minimum absolute atomic E-state index is 0.473. The highest BCUT2D eigenvalue weighted by molar-refractivity contribution is 5.45. The van der Waals surface area contributed by atoms with Gasteiger partial charge in [0.15, 0.2) is 0 Å². The molecule has 0 amide bonds. The molecule has 4 rings (SSSR count). The molecule has 118 valence electrons. The van der Waals surface area contributed by atoms with Crippen molar-refractivity contribution in [3.8, 4) is 11.4 Å². The first kappa shape index (κ1) is 14.0. The van der Waals surface area contributed by atoms with Crippen molar-refractivity contribution in [2.75, 3.05) is 13.2 Å². The SMILES string of the molecule is Cn1cc(CN2CC2COc2ccccc2-n2cccn2)cn1. The first-order valence-corrected chi connectivity index (χ1v) is 7.73. The van der Waals surface area contributed by atoms with Crippen LogP contribution in [0.4, 0.5) is 0 Å². The lowest BCUT2D eigenvalue weighted by atomic mass is 10.3. The summed E-state index contributed by atoms with van der Waals surface area (Å²) >= 11 is 0. The number of benzene rings is 1. The number of para-hydroxylation sites is 2. The summed E-state index contributed by atoms with van der Waals surface area (Å²) in [5.41, 5.74) is 2.21. The van der Waals surface area contributed by atoms with Gasteiger partial charge in [0.1, 0.15) is 18.0 Å². The van der Waals surface area contributed by atoms with Gasteiger partial charge >= 0.3 is 0 Å². The highest BCUT2D eigenvalue weighted by Gasteiger charge is 2.34. The van der Waals surface area contributed by atoms with Crippen LogP contribution in [0.2, 0.25) is 0 Å². The zero-order valence-electron chi connectivity index (χ0n) is 13.0. The van der Waals surface area contributed by atoms with Crippen LogP contribution in [0.3, 0.4) is 0 Å². The second kappa shape index (κ2) is 5.89. The van der Waals surface area contributed by atoms with Crippen LogP contribution in [0.5, 0.6) is 5.75 Å². The Morgan fingerprint density at radius 3 is 2.91 bits per heavy atom. The maximum absolute atomic E-state index is 6.03. The molecule has 1 aliphatic heterocycles. The predicted molar refractivity (Wildman–Crippen MR) is 86.5 cm³/mol. The van der Waals surface area contributed by atoms with Gasteiger partial charge < -0.3 is 4.74 Å². The number of hydrogen-bond acceptors (Lipinski definition) is 4. The summed E-state index contributed by atoms with van der Waals surface area (Å²) in [5.74, 6) is 0.865. The highest BCUT2D eigenvalue weighted by Crippen LogP contribution is 2.25. The molecule has 0 N–H and O–H groups in total. The van der Waals surface area contributed by atoms with E-state index < -0.39 is 0 Å². The minimum Gasteiger partial charge on any atom is -0.490 e. The molecule has 0 spiro atoms. The average Bonchev–Trinajstić information content (AvgIpc) is 2.93. The van der Waals surface area contributed by atoms with E-state index in [1.54, 1.807) is 6.20 Å². The normalized spacial score (nSPS) is 19.7. The van der Waals surface area contributed by atoms with Crippen molar-refractivity contribution in [3.63, 3.8) is 0 Å². The van der Waals surface area contributed by atoms with Crippen molar-refractivity contribution in [1.82, 2.24) is 24.5 Å². The molecule has 3 heterocycles. The Morgan fingerprint density at radius 2 is 2.13 bits per heavy atom.